The normalized spacial score (nSPS) is 15.8. The van der Waals surface area contributed by atoms with E-state index in [9.17, 15) is 14.0 Å². The molecule has 1 atom stereocenters. The van der Waals surface area contributed by atoms with Crippen LogP contribution in [0.1, 0.15) is 17.7 Å². The fourth-order valence-corrected chi connectivity index (χ4v) is 5.11. The molecule has 1 unspecified atom stereocenters. The number of halogens is 1. The second-order valence-corrected chi connectivity index (χ2v) is 9.20. The van der Waals surface area contributed by atoms with Gasteiger partial charge < -0.3 is 15.0 Å². The van der Waals surface area contributed by atoms with Crippen molar-refractivity contribution in [3.63, 3.8) is 0 Å². The van der Waals surface area contributed by atoms with Crippen molar-refractivity contribution in [1.82, 2.24) is 4.98 Å². The van der Waals surface area contributed by atoms with Crippen LogP contribution in [0.25, 0.3) is 0 Å². The molecule has 1 aromatic heterocycles. The highest BCUT2D eigenvalue weighted by atomic mass is 32.2. The number of benzene rings is 2. The van der Waals surface area contributed by atoms with Crippen LogP contribution in [0.4, 0.5) is 15.2 Å². The lowest BCUT2D eigenvalue weighted by molar-refractivity contribution is -0.122. The third-order valence-corrected chi connectivity index (χ3v) is 6.92. The molecule has 1 fully saturated rings. The Hall–Kier alpha value is -2.91. The van der Waals surface area contributed by atoms with E-state index in [1.165, 1.54) is 23.5 Å². The van der Waals surface area contributed by atoms with Crippen LogP contribution >= 0.6 is 23.1 Å². The lowest BCUT2D eigenvalue weighted by atomic mass is 10.1. The van der Waals surface area contributed by atoms with Crippen molar-refractivity contribution >= 4 is 45.7 Å². The summed E-state index contributed by atoms with van der Waals surface area (Å²) in [5.74, 6) is 1.14. The molecule has 32 heavy (non-hydrogen) atoms. The zero-order valence-corrected chi connectivity index (χ0v) is 19.0. The highest BCUT2D eigenvalue weighted by molar-refractivity contribution is 7.97. The molecule has 0 bridgehead atoms. The number of amides is 2. The molecular weight excluding hydrogens is 449 g/mol. The number of carbonyl (C=O) groups is 2. The van der Waals surface area contributed by atoms with E-state index in [1.807, 2.05) is 23.6 Å². The first kappa shape index (κ1) is 22.3. The topological polar surface area (TPSA) is 71.5 Å². The SMILES string of the molecule is COc1cccc(N2CC(C(=O)Nc3nc(CSCc4ccc(F)cc4)cs3)CC2=O)c1. The first-order valence-electron chi connectivity index (χ1n) is 10.0. The molecular formula is C23H22FN3O3S2. The average Bonchev–Trinajstić information content (AvgIpc) is 3.41. The Morgan fingerprint density at radius 3 is 2.88 bits per heavy atom. The van der Waals surface area contributed by atoms with Crippen LogP contribution in [-0.2, 0) is 21.1 Å². The van der Waals surface area contributed by atoms with Gasteiger partial charge in [0.25, 0.3) is 0 Å². The second kappa shape index (κ2) is 10.1. The summed E-state index contributed by atoms with van der Waals surface area (Å²) in [5.41, 5.74) is 2.64. The summed E-state index contributed by atoms with van der Waals surface area (Å²) in [6, 6.07) is 13.7. The van der Waals surface area contributed by atoms with Gasteiger partial charge in [-0.05, 0) is 29.8 Å². The summed E-state index contributed by atoms with van der Waals surface area (Å²) >= 11 is 3.04. The molecule has 0 saturated carbocycles. The zero-order chi connectivity index (χ0) is 22.5. The van der Waals surface area contributed by atoms with Crippen molar-refractivity contribution in [1.29, 1.82) is 0 Å². The van der Waals surface area contributed by atoms with Crippen LogP contribution < -0.4 is 15.0 Å². The van der Waals surface area contributed by atoms with Gasteiger partial charge in [0.15, 0.2) is 5.13 Å². The van der Waals surface area contributed by atoms with Crippen molar-refractivity contribution < 1.29 is 18.7 Å². The van der Waals surface area contributed by atoms with Gasteiger partial charge in [0.05, 0.1) is 18.7 Å². The summed E-state index contributed by atoms with van der Waals surface area (Å²) < 4.78 is 18.2. The minimum absolute atomic E-state index is 0.0876. The molecule has 0 radical (unpaired) electrons. The summed E-state index contributed by atoms with van der Waals surface area (Å²) in [6.07, 6.45) is 0.162. The minimum Gasteiger partial charge on any atom is -0.497 e. The maximum Gasteiger partial charge on any atom is 0.231 e. The van der Waals surface area contributed by atoms with E-state index in [-0.39, 0.29) is 24.1 Å². The molecule has 4 rings (SSSR count). The largest absolute Gasteiger partial charge is 0.497 e. The number of thioether (sulfide) groups is 1. The summed E-state index contributed by atoms with van der Waals surface area (Å²) in [5, 5.41) is 5.29. The molecule has 6 nitrogen and oxygen atoms in total. The van der Waals surface area contributed by atoms with Crippen LogP contribution in [0.2, 0.25) is 0 Å². The number of hydrogen-bond acceptors (Lipinski definition) is 6. The first-order valence-corrected chi connectivity index (χ1v) is 12.1. The Morgan fingerprint density at radius 2 is 2.09 bits per heavy atom. The minimum atomic E-state index is -0.436. The maximum absolute atomic E-state index is 13.0. The van der Waals surface area contributed by atoms with Gasteiger partial charge >= 0.3 is 0 Å². The molecule has 1 saturated heterocycles. The van der Waals surface area contributed by atoms with Crippen molar-refractivity contribution in [2.45, 2.75) is 17.9 Å². The molecule has 2 heterocycles. The van der Waals surface area contributed by atoms with Gasteiger partial charge in [-0.25, -0.2) is 9.37 Å². The number of nitrogens with zero attached hydrogens (tertiary/aromatic N) is 2. The average molecular weight is 472 g/mol. The van der Waals surface area contributed by atoms with Gasteiger partial charge in [0, 0.05) is 41.6 Å². The zero-order valence-electron chi connectivity index (χ0n) is 17.4. The van der Waals surface area contributed by atoms with E-state index in [4.69, 9.17) is 4.74 Å². The molecule has 1 N–H and O–H groups in total. The molecule has 0 spiro atoms. The number of ether oxygens (including phenoxy) is 1. The third-order valence-electron chi connectivity index (χ3n) is 5.07. The van der Waals surface area contributed by atoms with Crippen LogP contribution in [0.5, 0.6) is 5.75 Å². The highest BCUT2D eigenvalue weighted by Gasteiger charge is 2.35. The molecule has 0 aliphatic carbocycles. The van der Waals surface area contributed by atoms with E-state index in [1.54, 1.807) is 42.0 Å². The van der Waals surface area contributed by atoms with Gasteiger partial charge in [-0.15, -0.1) is 11.3 Å². The number of anilines is 2. The van der Waals surface area contributed by atoms with Gasteiger partial charge in [-0.2, -0.15) is 11.8 Å². The lowest BCUT2D eigenvalue weighted by Gasteiger charge is -2.17. The lowest BCUT2D eigenvalue weighted by Crippen LogP contribution is -2.28. The number of aromatic nitrogens is 1. The van der Waals surface area contributed by atoms with E-state index < -0.39 is 5.92 Å². The van der Waals surface area contributed by atoms with Crippen LogP contribution in [0.15, 0.2) is 53.9 Å². The Labute approximate surface area is 193 Å². The fraction of sp³-hybridized carbons (Fsp3) is 0.261. The molecule has 1 aliphatic heterocycles. The Morgan fingerprint density at radius 1 is 1.28 bits per heavy atom. The number of hydrogen-bond donors (Lipinski definition) is 1. The molecule has 2 amide bonds. The van der Waals surface area contributed by atoms with Crippen molar-refractivity contribution in [3.8, 4) is 5.75 Å². The summed E-state index contributed by atoms with van der Waals surface area (Å²) in [4.78, 5) is 31.3. The van der Waals surface area contributed by atoms with Gasteiger partial charge in [0.1, 0.15) is 11.6 Å². The van der Waals surface area contributed by atoms with Crippen LogP contribution in [0, 0.1) is 11.7 Å². The van der Waals surface area contributed by atoms with E-state index in [0.717, 1.165) is 22.7 Å². The standard InChI is InChI=1S/C23H22FN3O3S2/c1-30-20-4-2-3-19(10-20)27-11-16(9-21(27)28)22(29)26-23-25-18(14-32-23)13-31-12-15-5-7-17(24)8-6-15/h2-8,10,14,16H,9,11-13H2,1H3,(H,25,26,29). The maximum atomic E-state index is 13.0. The molecule has 1 aliphatic rings. The number of thiazole rings is 1. The van der Waals surface area contributed by atoms with E-state index in [2.05, 4.69) is 10.3 Å². The summed E-state index contributed by atoms with van der Waals surface area (Å²) in [6.45, 7) is 0.323. The smallest absolute Gasteiger partial charge is 0.231 e. The Kier molecular flexibility index (Phi) is 7.06. The second-order valence-electron chi connectivity index (χ2n) is 7.36. The number of rotatable bonds is 8. The fourth-order valence-electron chi connectivity index (χ4n) is 3.40. The predicted molar refractivity (Wildman–Crippen MR) is 126 cm³/mol. The predicted octanol–water partition coefficient (Wildman–Crippen LogP) is 4.72. The number of methoxy groups -OCH3 is 1. The Bertz CT molecular complexity index is 1100. The quantitative estimate of drug-likeness (QED) is 0.515. The third kappa shape index (κ3) is 5.46. The number of nitrogens with one attached hydrogen (secondary N) is 1. The highest BCUT2D eigenvalue weighted by Crippen LogP contribution is 2.29. The van der Waals surface area contributed by atoms with Crippen molar-refractivity contribution in [2.75, 3.05) is 23.9 Å². The molecule has 9 heteroatoms. The van der Waals surface area contributed by atoms with Crippen molar-refractivity contribution in [3.05, 3.63) is 71.0 Å². The van der Waals surface area contributed by atoms with Crippen molar-refractivity contribution in [2.24, 2.45) is 5.92 Å². The molecule has 166 valence electrons. The monoisotopic (exact) mass is 471 g/mol. The van der Waals surface area contributed by atoms with Crippen LogP contribution in [0.3, 0.4) is 0 Å². The van der Waals surface area contributed by atoms with Gasteiger partial charge in [-0.1, -0.05) is 18.2 Å². The van der Waals surface area contributed by atoms with E-state index >= 15 is 0 Å². The van der Waals surface area contributed by atoms with Crippen LogP contribution in [-0.4, -0.2) is 30.5 Å². The molecule has 3 aromatic rings. The Balaban J connectivity index is 1.29. The molecule has 2 aromatic carbocycles. The first-order chi connectivity index (χ1) is 15.5. The summed E-state index contributed by atoms with van der Waals surface area (Å²) in [7, 11) is 1.57. The van der Waals surface area contributed by atoms with Gasteiger partial charge in [-0.3, -0.25) is 9.59 Å². The number of carbonyl (C=O) groups excluding carboxylic acids is 2. The van der Waals surface area contributed by atoms with E-state index in [0.29, 0.717) is 23.2 Å². The van der Waals surface area contributed by atoms with Gasteiger partial charge in [0.2, 0.25) is 11.8 Å².